The number of amides is 1. The fraction of sp³-hybridized carbons (Fsp3) is 0.913. The fourth-order valence-corrected chi connectivity index (χ4v) is 4.70. The van der Waals surface area contributed by atoms with Crippen molar-refractivity contribution < 1.29 is 9.53 Å². The Hall–Kier alpha value is -1.34. The van der Waals surface area contributed by atoms with Crippen molar-refractivity contribution >= 4 is 11.9 Å². The Morgan fingerprint density at radius 2 is 1.97 bits per heavy atom. The van der Waals surface area contributed by atoms with Crippen molar-refractivity contribution in [2.24, 2.45) is 16.3 Å². The highest BCUT2D eigenvalue weighted by atomic mass is 16.5. The summed E-state index contributed by atoms with van der Waals surface area (Å²) in [6.07, 6.45) is 5.66. The van der Waals surface area contributed by atoms with E-state index in [1.54, 1.807) is 4.90 Å². The van der Waals surface area contributed by atoms with Crippen LogP contribution in [0.5, 0.6) is 0 Å². The molecule has 3 unspecified atom stereocenters. The zero-order chi connectivity index (χ0) is 22.1. The number of aliphatic imine (C=N–C) groups is 1. The van der Waals surface area contributed by atoms with Gasteiger partial charge in [-0.15, -0.1) is 0 Å². The summed E-state index contributed by atoms with van der Waals surface area (Å²) in [4.78, 5) is 21.3. The van der Waals surface area contributed by atoms with Crippen molar-refractivity contribution in [3.05, 3.63) is 0 Å². The van der Waals surface area contributed by atoms with Crippen LogP contribution >= 0.6 is 0 Å². The topological polar surface area (TPSA) is 69.2 Å². The summed E-state index contributed by atoms with van der Waals surface area (Å²) in [6.45, 7) is 14.2. The standard InChI is InChI=1S/C23H45N5O2/c1-7-24-22(26-17-18-11-9-16-30-20(18)23(2,3)4)25-13-10-15-28-14-8-12-19(28)21(29)27(5)6/h18-20H,7-17H2,1-6H3,(H2,24,25,26). The molecule has 174 valence electrons. The van der Waals surface area contributed by atoms with Crippen molar-refractivity contribution in [1.29, 1.82) is 0 Å². The number of nitrogens with one attached hydrogen (secondary N) is 2. The number of likely N-dealkylation sites (tertiary alicyclic amines) is 1. The number of likely N-dealkylation sites (N-methyl/N-ethyl adjacent to an activating group) is 1. The zero-order valence-corrected chi connectivity index (χ0v) is 20.2. The molecule has 0 aromatic heterocycles. The van der Waals surface area contributed by atoms with Gasteiger partial charge in [0.25, 0.3) is 0 Å². The number of carbonyl (C=O) groups excluding carboxylic acids is 1. The molecule has 7 heteroatoms. The smallest absolute Gasteiger partial charge is 0.239 e. The first-order valence-electron chi connectivity index (χ1n) is 11.8. The minimum atomic E-state index is 0.0579. The third kappa shape index (κ3) is 7.41. The van der Waals surface area contributed by atoms with Crippen LogP contribution in [-0.2, 0) is 9.53 Å². The Kier molecular flexibility index (Phi) is 9.88. The zero-order valence-electron chi connectivity index (χ0n) is 20.2. The molecule has 0 bridgehead atoms. The Labute approximate surface area is 184 Å². The second kappa shape index (κ2) is 11.9. The summed E-state index contributed by atoms with van der Waals surface area (Å²) in [5, 5.41) is 6.85. The van der Waals surface area contributed by atoms with E-state index in [2.05, 4.69) is 43.2 Å². The van der Waals surface area contributed by atoms with E-state index < -0.39 is 0 Å². The molecule has 0 aliphatic carbocycles. The van der Waals surface area contributed by atoms with Crippen molar-refractivity contribution in [2.45, 2.75) is 71.9 Å². The Bertz CT molecular complexity index is 558. The summed E-state index contributed by atoms with van der Waals surface area (Å²) in [5.74, 6) is 1.59. The lowest BCUT2D eigenvalue weighted by Gasteiger charge is -2.39. The average Bonchev–Trinajstić information content (AvgIpc) is 3.16. The number of guanidine groups is 1. The Morgan fingerprint density at radius 3 is 2.63 bits per heavy atom. The third-order valence-electron chi connectivity index (χ3n) is 6.13. The molecule has 30 heavy (non-hydrogen) atoms. The van der Waals surface area contributed by atoms with Crippen molar-refractivity contribution in [1.82, 2.24) is 20.4 Å². The lowest BCUT2D eigenvalue weighted by molar-refractivity contribution is -0.133. The quantitative estimate of drug-likeness (QED) is 0.356. The monoisotopic (exact) mass is 423 g/mol. The molecule has 2 N–H and O–H groups in total. The second-order valence-electron chi connectivity index (χ2n) is 9.99. The first-order valence-corrected chi connectivity index (χ1v) is 11.8. The SMILES string of the molecule is CCNC(=NCC1CCCOC1C(C)(C)C)NCCCN1CCCC1C(=O)N(C)C. The summed E-state index contributed by atoms with van der Waals surface area (Å²) < 4.78 is 6.10. The minimum absolute atomic E-state index is 0.0579. The van der Waals surface area contributed by atoms with E-state index in [4.69, 9.17) is 9.73 Å². The van der Waals surface area contributed by atoms with Gasteiger partial charge in [0.2, 0.25) is 5.91 Å². The summed E-state index contributed by atoms with van der Waals surface area (Å²) in [5.41, 5.74) is 0.142. The molecule has 0 spiro atoms. The molecule has 3 atom stereocenters. The van der Waals surface area contributed by atoms with E-state index in [-0.39, 0.29) is 23.5 Å². The molecule has 2 aliphatic rings. The van der Waals surface area contributed by atoms with Gasteiger partial charge >= 0.3 is 0 Å². The van der Waals surface area contributed by atoms with Gasteiger partial charge in [0.1, 0.15) is 0 Å². The molecule has 0 aromatic rings. The van der Waals surface area contributed by atoms with Crippen molar-refractivity contribution in [3.63, 3.8) is 0 Å². The van der Waals surface area contributed by atoms with E-state index in [9.17, 15) is 4.79 Å². The van der Waals surface area contributed by atoms with Crippen LogP contribution in [0.1, 0.15) is 59.8 Å². The van der Waals surface area contributed by atoms with Crippen LogP contribution in [0.2, 0.25) is 0 Å². The molecule has 0 saturated carbocycles. The van der Waals surface area contributed by atoms with Crippen molar-refractivity contribution in [3.8, 4) is 0 Å². The minimum Gasteiger partial charge on any atom is -0.377 e. The lowest BCUT2D eigenvalue weighted by Crippen LogP contribution is -2.44. The Morgan fingerprint density at radius 1 is 1.20 bits per heavy atom. The van der Waals surface area contributed by atoms with Crippen LogP contribution in [0.4, 0.5) is 0 Å². The number of ether oxygens (including phenoxy) is 1. The van der Waals surface area contributed by atoms with Gasteiger partial charge in [0, 0.05) is 52.8 Å². The molecule has 7 nitrogen and oxygen atoms in total. The molecule has 2 aliphatic heterocycles. The number of hydrogen-bond acceptors (Lipinski definition) is 4. The average molecular weight is 424 g/mol. The van der Waals surface area contributed by atoms with Gasteiger partial charge in [-0.1, -0.05) is 20.8 Å². The van der Waals surface area contributed by atoms with Gasteiger partial charge in [0.15, 0.2) is 5.96 Å². The normalized spacial score (nSPS) is 25.9. The molecule has 2 saturated heterocycles. The number of rotatable bonds is 8. The molecule has 0 aromatic carbocycles. The molecular weight excluding hydrogens is 378 g/mol. The van der Waals surface area contributed by atoms with Crippen LogP contribution in [-0.4, -0.2) is 87.2 Å². The van der Waals surface area contributed by atoms with E-state index in [0.29, 0.717) is 5.92 Å². The number of nitrogens with zero attached hydrogens (tertiary/aromatic N) is 3. The highest BCUT2D eigenvalue weighted by molar-refractivity contribution is 5.81. The van der Waals surface area contributed by atoms with Gasteiger partial charge in [-0.25, -0.2) is 0 Å². The van der Waals surface area contributed by atoms with Crippen LogP contribution in [0.3, 0.4) is 0 Å². The maximum Gasteiger partial charge on any atom is 0.239 e. The molecular formula is C23H45N5O2. The fourth-order valence-electron chi connectivity index (χ4n) is 4.70. The van der Waals surface area contributed by atoms with E-state index in [1.807, 2.05) is 14.1 Å². The molecule has 1 amide bonds. The van der Waals surface area contributed by atoms with Crippen LogP contribution in [0.25, 0.3) is 0 Å². The molecule has 0 radical (unpaired) electrons. The van der Waals surface area contributed by atoms with Crippen LogP contribution in [0.15, 0.2) is 4.99 Å². The molecule has 2 heterocycles. The van der Waals surface area contributed by atoms with Gasteiger partial charge in [-0.3, -0.25) is 14.7 Å². The first-order chi connectivity index (χ1) is 14.2. The summed E-state index contributed by atoms with van der Waals surface area (Å²) in [6, 6.07) is 0.0579. The number of hydrogen-bond donors (Lipinski definition) is 2. The van der Waals surface area contributed by atoms with Gasteiger partial charge < -0.3 is 20.3 Å². The molecule has 2 rings (SSSR count). The van der Waals surface area contributed by atoms with Crippen LogP contribution in [0, 0.1) is 11.3 Å². The van der Waals surface area contributed by atoms with E-state index in [1.165, 1.54) is 6.42 Å². The number of carbonyl (C=O) groups is 1. The highest BCUT2D eigenvalue weighted by Gasteiger charge is 2.35. The largest absolute Gasteiger partial charge is 0.377 e. The maximum absolute atomic E-state index is 12.3. The lowest BCUT2D eigenvalue weighted by atomic mass is 9.78. The van der Waals surface area contributed by atoms with Crippen LogP contribution < -0.4 is 10.6 Å². The van der Waals surface area contributed by atoms with E-state index >= 15 is 0 Å². The summed E-state index contributed by atoms with van der Waals surface area (Å²) in [7, 11) is 3.70. The highest BCUT2D eigenvalue weighted by Crippen LogP contribution is 2.34. The maximum atomic E-state index is 12.3. The van der Waals surface area contributed by atoms with Crippen molar-refractivity contribution in [2.75, 3.05) is 53.4 Å². The predicted molar refractivity (Wildman–Crippen MR) is 124 cm³/mol. The van der Waals surface area contributed by atoms with Gasteiger partial charge in [-0.2, -0.15) is 0 Å². The summed E-state index contributed by atoms with van der Waals surface area (Å²) >= 11 is 0. The first kappa shape index (κ1) is 24.9. The second-order valence-corrected chi connectivity index (χ2v) is 9.99. The van der Waals surface area contributed by atoms with Gasteiger partial charge in [0.05, 0.1) is 12.1 Å². The van der Waals surface area contributed by atoms with E-state index in [0.717, 1.165) is 71.0 Å². The predicted octanol–water partition coefficient (Wildman–Crippen LogP) is 2.33. The Balaban J connectivity index is 1.81. The molecule has 2 fully saturated rings. The third-order valence-corrected chi connectivity index (χ3v) is 6.13. The van der Waals surface area contributed by atoms with Gasteiger partial charge in [-0.05, 0) is 51.0 Å².